The molecule has 0 heterocycles. The molecule has 120 valence electrons. The Morgan fingerprint density at radius 2 is 2.00 bits per heavy atom. The number of hydrogen-bond acceptors (Lipinski definition) is 2. The molecular weight excluding hydrogens is 290 g/mol. The SMILES string of the molecule is CC(SCc1ccccc1)C(=O)NC(C)C1CC2CCC1C2. The molecule has 1 aromatic carbocycles. The van der Waals surface area contributed by atoms with Crippen LogP contribution in [0.25, 0.3) is 0 Å². The van der Waals surface area contributed by atoms with Gasteiger partial charge in [-0.25, -0.2) is 0 Å². The topological polar surface area (TPSA) is 29.1 Å². The number of carbonyl (C=O) groups is 1. The summed E-state index contributed by atoms with van der Waals surface area (Å²) in [6.07, 6.45) is 5.54. The number of fused-ring (bicyclic) bond motifs is 2. The smallest absolute Gasteiger partial charge is 0.233 e. The molecule has 1 N–H and O–H groups in total. The van der Waals surface area contributed by atoms with Gasteiger partial charge >= 0.3 is 0 Å². The van der Waals surface area contributed by atoms with E-state index in [-0.39, 0.29) is 11.2 Å². The van der Waals surface area contributed by atoms with Crippen LogP contribution in [0.4, 0.5) is 0 Å². The molecule has 22 heavy (non-hydrogen) atoms. The molecule has 2 saturated carbocycles. The maximum atomic E-state index is 12.4. The average molecular weight is 317 g/mol. The Hall–Kier alpha value is -0.960. The molecule has 5 unspecified atom stereocenters. The van der Waals surface area contributed by atoms with Crippen molar-refractivity contribution in [3.8, 4) is 0 Å². The molecule has 0 spiro atoms. The van der Waals surface area contributed by atoms with Gasteiger partial charge in [0, 0.05) is 11.8 Å². The summed E-state index contributed by atoms with van der Waals surface area (Å²) in [5.74, 6) is 3.63. The molecule has 2 aliphatic carbocycles. The summed E-state index contributed by atoms with van der Waals surface area (Å²) in [4.78, 5) is 12.4. The van der Waals surface area contributed by atoms with Gasteiger partial charge in [-0.15, -0.1) is 11.8 Å². The molecular formula is C19H27NOS. The molecule has 3 rings (SSSR count). The third kappa shape index (κ3) is 3.68. The third-order valence-corrected chi connectivity index (χ3v) is 6.73. The Morgan fingerprint density at radius 1 is 1.23 bits per heavy atom. The van der Waals surface area contributed by atoms with Crippen LogP contribution < -0.4 is 5.32 Å². The minimum Gasteiger partial charge on any atom is -0.352 e. The molecule has 3 heteroatoms. The highest BCUT2D eigenvalue weighted by atomic mass is 32.2. The summed E-state index contributed by atoms with van der Waals surface area (Å²) in [7, 11) is 0. The van der Waals surface area contributed by atoms with Crippen LogP contribution in [-0.2, 0) is 10.5 Å². The fourth-order valence-electron chi connectivity index (χ4n) is 4.23. The van der Waals surface area contributed by atoms with Gasteiger partial charge in [0.15, 0.2) is 0 Å². The zero-order chi connectivity index (χ0) is 15.5. The van der Waals surface area contributed by atoms with Crippen molar-refractivity contribution in [3.05, 3.63) is 35.9 Å². The van der Waals surface area contributed by atoms with Crippen molar-refractivity contribution < 1.29 is 4.79 Å². The van der Waals surface area contributed by atoms with Crippen molar-refractivity contribution in [2.75, 3.05) is 0 Å². The lowest BCUT2D eigenvalue weighted by atomic mass is 9.84. The molecule has 0 saturated heterocycles. The Kier molecular flexibility index (Phi) is 5.12. The van der Waals surface area contributed by atoms with Crippen molar-refractivity contribution in [3.63, 3.8) is 0 Å². The van der Waals surface area contributed by atoms with Crippen molar-refractivity contribution in [1.82, 2.24) is 5.32 Å². The first kappa shape index (κ1) is 15.9. The van der Waals surface area contributed by atoms with Crippen molar-refractivity contribution >= 4 is 17.7 Å². The van der Waals surface area contributed by atoms with Gasteiger partial charge in [0.2, 0.25) is 5.91 Å². The highest BCUT2D eigenvalue weighted by Gasteiger charge is 2.42. The number of benzene rings is 1. The number of rotatable bonds is 6. The fourth-order valence-corrected chi connectivity index (χ4v) is 5.08. The van der Waals surface area contributed by atoms with E-state index >= 15 is 0 Å². The Bertz CT molecular complexity index is 503. The van der Waals surface area contributed by atoms with E-state index in [1.165, 1.54) is 31.2 Å². The largest absolute Gasteiger partial charge is 0.352 e. The van der Waals surface area contributed by atoms with Crippen LogP contribution in [0.15, 0.2) is 30.3 Å². The molecule has 2 aliphatic rings. The molecule has 2 nitrogen and oxygen atoms in total. The molecule has 2 fully saturated rings. The van der Waals surface area contributed by atoms with Crippen LogP contribution in [0.5, 0.6) is 0 Å². The zero-order valence-electron chi connectivity index (χ0n) is 13.6. The standard InChI is InChI=1S/C19H27NOS/c1-13(18-11-16-8-9-17(18)10-16)20-19(21)14(2)22-12-15-6-4-3-5-7-15/h3-7,13-14,16-18H,8-12H2,1-2H3,(H,20,21). The first-order valence-corrected chi connectivity index (χ1v) is 9.64. The molecule has 1 aromatic rings. The van der Waals surface area contributed by atoms with Crippen molar-refractivity contribution in [1.29, 1.82) is 0 Å². The predicted molar refractivity (Wildman–Crippen MR) is 93.7 cm³/mol. The van der Waals surface area contributed by atoms with Crippen LogP contribution in [-0.4, -0.2) is 17.2 Å². The average Bonchev–Trinajstić information content (AvgIpc) is 3.16. The van der Waals surface area contributed by atoms with Gasteiger partial charge in [0.1, 0.15) is 0 Å². The number of nitrogens with one attached hydrogen (secondary N) is 1. The van der Waals surface area contributed by atoms with E-state index in [2.05, 4.69) is 36.5 Å². The summed E-state index contributed by atoms with van der Waals surface area (Å²) < 4.78 is 0. The van der Waals surface area contributed by atoms with Crippen LogP contribution in [0, 0.1) is 17.8 Å². The molecule has 0 aromatic heterocycles. The van der Waals surface area contributed by atoms with Gasteiger partial charge in [0.25, 0.3) is 0 Å². The fraction of sp³-hybridized carbons (Fsp3) is 0.632. The van der Waals surface area contributed by atoms with E-state index in [9.17, 15) is 4.79 Å². The lowest BCUT2D eigenvalue weighted by Gasteiger charge is -2.29. The highest BCUT2D eigenvalue weighted by molar-refractivity contribution is 7.99. The normalized spacial score (nSPS) is 29.3. The summed E-state index contributed by atoms with van der Waals surface area (Å²) in [6, 6.07) is 10.7. The quantitative estimate of drug-likeness (QED) is 0.850. The summed E-state index contributed by atoms with van der Waals surface area (Å²) in [5.41, 5.74) is 1.29. The Balaban J connectivity index is 1.44. The first-order valence-electron chi connectivity index (χ1n) is 8.59. The summed E-state index contributed by atoms with van der Waals surface area (Å²) in [5, 5.41) is 3.30. The van der Waals surface area contributed by atoms with Crippen LogP contribution >= 0.6 is 11.8 Å². The van der Waals surface area contributed by atoms with Gasteiger partial charge in [-0.2, -0.15) is 0 Å². The molecule has 0 aliphatic heterocycles. The molecule has 1 amide bonds. The zero-order valence-corrected chi connectivity index (χ0v) is 14.4. The van der Waals surface area contributed by atoms with Crippen molar-refractivity contribution in [2.24, 2.45) is 17.8 Å². The lowest BCUT2D eigenvalue weighted by Crippen LogP contribution is -2.43. The minimum absolute atomic E-state index is 0.0150. The van der Waals surface area contributed by atoms with E-state index in [0.29, 0.717) is 12.0 Å². The number of hydrogen-bond donors (Lipinski definition) is 1. The van der Waals surface area contributed by atoms with Crippen LogP contribution in [0.3, 0.4) is 0 Å². The maximum absolute atomic E-state index is 12.4. The van der Waals surface area contributed by atoms with Crippen molar-refractivity contribution in [2.45, 2.75) is 56.6 Å². The second-order valence-electron chi connectivity index (χ2n) is 7.07. The Morgan fingerprint density at radius 3 is 2.64 bits per heavy atom. The monoisotopic (exact) mass is 317 g/mol. The van der Waals surface area contributed by atoms with Gasteiger partial charge < -0.3 is 5.32 Å². The molecule has 5 atom stereocenters. The molecule has 2 bridgehead atoms. The number of thioether (sulfide) groups is 1. The van der Waals surface area contributed by atoms with E-state index < -0.39 is 0 Å². The second-order valence-corrected chi connectivity index (χ2v) is 8.40. The van der Waals surface area contributed by atoms with E-state index in [1.54, 1.807) is 11.8 Å². The summed E-state index contributed by atoms with van der Waals surface area (Å²) >= 11 is 1.73. The minimum atomic E-state index is 0.0150. The lowest BCUT2D eigenvalue weighted by molar-refractivity contribution is -0.121. The Labute approximate surface area is 138 Å². The third-order valence-electron chi connectivity index (χ3n) is 5.52. The van der Waals surface area contributed by atoms with Crippen LogP contribution in [0.2, 0.25) is 0 Å². The predicted octanol–water partition coefficient (Wildman–Crippen LogP) is 4.25. The number of amides is 1. The molecule has 0 radical (unpaired) electrons. The van der Waals surface area contributed by atoms with E-state index in [4.69, 9.17) is 0 Å². The highest BCUT2D eigenvalue weighted by Crippen LogP contribution is 2.49. The van der Waals surface area contributed by atoms with E-state index in [1.807, 2.05) is 13.0 Å². The maximum Gasteiger partial charge on any atom is 0.233 e. The van der Waals surface area contributed by atoms with Gasteiger partial charge in [-0.05, 0) is 56.4 Å². The second kappa shape index (κ2) is 7.08. The van der Waals surface area contributed by atoms with Gasteiger partial charge in [-0.3, -0.25) is 4.79 Å². The van der Waals surface area contributed by atoms with Gasteiger partial charge in [0.05, 0.1) is 5.25 Å². The summed E-state index contributed by atoms with van der Waals surface area (Å²) in [6.45, 7) is 4.23. The van der Waals surface area contributed by atoms with Crippen LogP contribution in [0.1, 0.15) is 45.1 Å². The van der Waals surface area contributed by atoms with E-state index in [0.717, 1.165) is 17.6 Å². The first-order chi connectivity index (χ1) is 10.6. The van der Waals surface area contributed by atoms with Gasteiger partial charge in [-0.1, -0.05) is 36.8 Å². The number of carbonyl (C=O) groups excluding carboxylic acids is 1.